The summed E-state index contributed by atoms with van der Waals surface area (Å²) in [5.41, 5.74) is 1.41. The van der Waals surface area contributed by atoms with Crippen LogP contribution in [0.3, 0.4) is 0 Å². The topological polar surface area (TPSA) is 41.3 Å². The van der Waals surface area contributed by atoms with Gasteiger partial charge in [0.05, 0.1) is 6.04 Å². The Balaban J connectivity index is 1.29. The number of hydrogen-bond acceptors (Lipinski definition) is 3. The second kappa shape index (κ2) is 6.65. The smallest absolute Gasteiger partial charge is 0.255 e. The van der Waals surface area contributed by atoms with E-state index in [1.807, 2.05) is 42.5 Å². The van der Waals surface area contributed by atoms with Crippen LogP contribution in [0, 0.1) is 5.92 Å². The molecule has 2 unspecified atom stereocenters. The first kappa shape index (κ1) is 15.2. The summed E-state index contributed by atoms with van der Waals surface area (Å²) < 4.78 is 5.90. The van der Waals surface area contributed by atoms with Crippen molar-refractivity contribution in [1.82, 2.24) is 4.90 Å². The van der Waals surface area contributed by atoms with Crippen LogP contribution in [-0.4, -0.2) is 36.5 Å². The SMILES string of the molecule is O=C(Nc1cccc(OCC2CN2CC2CC2)c1)c1ccccc1. The van der Waals surface area contributed by atoms with Gasteiger partial charge in [-0.05, 0) is 43.0 Å². The van der Waals surface area contributed by atoms with Gasteiger partial charge in [-0.2, -0.15) is 0 Å². The number of carbonyl (C=O) groups is 1. The molecule has 0 aromatic heterocycles. The highest BCUT2D eigenvalue weighted by molar-refractivity contribution is 6.04. The number of amides is 1. The molecule has 1 saturated carbocycles. The van der Waals surface area contributed by atoms with Gasteiger partial charge in [0, 0.05) is 30.4 Å². The number of nitrogens with zero attached hydrogens (tertiary/aromatic N) is 1. The van der Waals surface area contributed by atoms with E-state index in [1.165, 1.54) is 19.4 Å². The van der Waals surface area contributed by atoms with Crippen LogP contribution in [0.2, 0.25) is 0 Å². The molecule has 24 heavy (non-hydrogen) atoms. The highest BCUT2D eigenvalue weighted by Crippen LogP contribution is 2.33. The maximum atomic E-state index is 12.2. The van der Waals surface area contributed by atoms with Crippen molar-refractivity contribution in [1.29, 1.82) is 0 Å². The predicted octanol–water partition coefficient (Wildman–Crippen LogP) is 3.41. The molecule has 2 aromatic carbocycles. The van der Waals surface area contributed by atoms with Gasteiger partial charge in [0.1, 0.15) is 12.4 Å². The number of anilines is 1. The summed E-state index contributed by atoms with van der Waals surface area (Å²) >= 11 is 0. The Morgan fingerprint density at radius 3 is 2.75 bits per heavy atom. The van der Waals surface area contributed by atoms with Crippen LogP contribution >= 0.6 is 0 Å². The molecule has 124 valence electrons. The molecule has 0 bridgehead atoms. The minimum atomic E-state index is -0.106. The molecule has 0 radical (unpaired) electrons. The molecule has 1 saturated heterocycles. The molecule has 1 aliphatic carbocycles. The molecule has 4 nitrogen and oxygen atoms in total. The lowest BCUT2D eigenvalue weighted by Crippen LogP contribution is -2.13. The Bertz CT molecular complexity index is 713. The highest BCUT2D eigenvalue weighted by Gasteiger charge is 2.38. The van der Waals surface area contributed by atoms with E-state index in [0.717, 1.165) is 30.5 Å². The first-order valence-corrected chi connectivity index (χ1v) is 8.61. The maximum Gasteiger partial charge on any atom is 0.255 e. The van der Waals surface area contributed by atoms with E-state index in [2.05, 4.69) is 10.2 Å². The Labute approximate surface area is 142 Å². The lowest BCUT2D eigenvalue weighted by Gasteiger charge is -2.09. The quantitative estimate of drug-likeness (QED) is 0.794. The number of carbonyl (C=O) groups excluding carboxylic acids is 1. The van der Waals surface area contributed by atoms with Gasteiger partial charge in [0.25, 0.3) is 5.91 Å². The maximum absolute atomic E-state index is 12.2. The predicted molar refractivity (Wildman–Crippen MR) is 94.4 cm³/mol. The van der Waals surface area contributed by atoms with Crippen molar-refractivity contribution >= 4 is 11.6 Å². The van der Waals surface area contributed by atoms with Gasteiger partial charge in [-0.1, -0.05) is 24.3 Å². The van der Waals surface area contributed by atoms with Gasteiger partial charge in [0.2, 0.25) is 0 Å². The summed E-state index contributed by atoms with van der Waals surface area (Å²) in [4.78, 5) is 14.7. The van der Waals surface area contributed by atoms with E-state index in [-0.39, 0.29) is 5.91 Å². The Morgan fingerprint density at radius 1 is 1.12 bits per heavy atom. The van der Waals surface area contributed by atoms with Crippen LogP contribution in [0.4, 0.5) is 5.69 Å². The van der Waals surface area contributed by atoms with Crippen LogP contribution < -0.4 is 10.1 Å². The fourth-order valence-corrected chi connectivity index (χ4v) is 2.89. The normalized spacial score (nSPS) is 22.0. The largest absolute Gasteiger partial charge is 0.492 e. The van der Waals surface area contributed by atoms with Gasteiger partial charge >= 0.3 is 0 Å². The molecule has 1 N–H and O–H groups in total. The molecule has 4 rings (SSSR count). The van der Waals surface area contributed by atoms with E-state index in [1.54, 1.807) is 12.1 Å². The van der Waals surface area contributed by atoms with Crippen molar-refractivity contribution in [3.63, 3.8) is 0 Å². The summed E-state index contributed by atoms with van der Waals surface area (Å²) in [6, 6.07) is 17.4. The third-order valence-corrected chi connectivity index (χ3v) is 4.59. The third-order valence-electron chi connectivity index (χ3n) is 4.59. The molecular formula is C20H22N2O2. The summed E-state index contributed by atoms with van der Waals surface area (Å²) in [5, 5.41) is 2.92. The van der Waals surface area contributed by atoms with E-state index < -0.39 is 0 Å². The lowest BCUT2D eigenvalue weighted by molar-refractivity contribution is 0.102. The van der Waals surface area contributed by atoms with Crippen LogP contribution in [0.1, 0.15) is 23.2 Å². The fourth-order valence-electron chi connectivity index (χ4n) is 2.89. The average Bonchev–Trinajstić information content (AvgIpc) is 3.53. The van der Waals surface area contributed by atoms with Crippen molar-refractivity contribution < 1.29 is 9.53 Å². The van der Waals surface area contributed by atoms with Gasteiger partial charge in [-0.15, -0.1) is 0 Å². The van der Waals surface area contributed by atoms with Crippen molar-refractivity contribution in [2.45, 2.75) is 18.9 Å². The second-order valence-corrected chi connectivity index (χ2v) is 6.71. The summed E-state index contributed by atoms with van der Waals surface area (Å²) in [6.45, 7) is 3.12. The van der Waals surface area contributed by atoms with Gasteiger partial charge in [-0.25, -0.2) is 0 Å². The Kier molecular flexibility index (Phi) is 4.22. The molecule has 1 amide bonds. The Morgan fingerprint density at radius 2 is 1.96 bits per heavy atom. The van der Waals surface area contributed by atoms with E-state index in [4.69, 9.17) is 4.74 Å². The van der Waals surface area contributed by atoms with E-state index in [9.17, 15) is 4.79 Å². The van der Waals surface area contributed by atoms with Gasteiger partial charge in [-0.3, -0.25) is 9.69 Å². The standard InChI is InChI=1S/C20H22N2O2/c23-20(16-5-2-1-3-6-16)21-17-7-4-8-19(11-17)24-14-18-13-22(18)12-15-9-10-15/h1-8,11,15,18H,9-10,12-14H2,(H,21,23). The van der Waals surface area contributed by atoms with Crippen LogP contribution in [0.5, 0.6) is 5.75 Å². The van der Waals surface area contributed by atoms with E-state index in [0.29, 0.717) is 11.6 Å². The molecular weight excluding hydrogens is 300 g/mol. The molecule has 0 spiro atoms. The zero-order valence-corrected chi connectivity index (χ0v) is 13.7. The molecule has 4 heteroatoms. The van der Waals surface area contributed by atoms with Crippen molar-refractivity contribution in [3.8, 4) is 5.75 Å². The molecule has 2 aliphatic rings. The van der Waals surface area contributed by atoms with Crippen LogP contribution in [0.15, 0.2) is 54.6 Å². The van der Waals surface area contributed by atoms with E-state index >= 15 is 0 Å². The average molecular weight is 322 g/mol. The zero-order chi connectivity index (χ0) is 16.4. The van der Waals surface area contributed by atoms with Crippen molar-refractivity contribution in [2.75, 3.05) is 25.0 Å². The third kappa shape index (κ3) is 3.95. The minimum absolute atomic E-state index is 0.106. The Hall–Kier alpha value is -2.33. The fraction of sp³-hybridized carbons (Fsp3) is 0.350. The van der Waals surface area contributed by atoms with Crippen molar-refractivity contribution in [3.05, 3.63) is 60.2 Å². The number of rotatable bonds is 7. The first-order valence-electron chi connectivity index (χ1n) is 8.61. The number of hydrogen-bond donors (Lipinski definition) is 1. The first-order chi connectivity index (χ1) is 11.8. The molecule has 1 aliphatic heterocycles. The highest BCUT2D eigenvalue weighted by atomic mass is 16.5. The van der Waals surface area contributed by atoms with Crippen LogP contribution in [-0.2, 0) is 0 Å². The summed E-state index contributed by atoms with van der Waals surface area (Å²) in [5.74, 6) is 1.64. The minimum Gasteiger partial charge on any atom is -0.492 e. The second-order valence-electron chi connectivity index (χ2n) is 6.71. The molecule has 2 atom stereocenters. The number of benzene rings is 2. The molecule has 1 heterocycles. The van der Waals surface area contributed by atoms with Gasteiger partial charge in [0.15, 0.2) is 0 Å². The molecule has 2 aromatic rings. The lowest BCUT2D eigenvalue weighted by atomic mass is 10.2. The van der Waals surface area contributed by atoms with Crippen LogP contribution in [0.25, 0.3) is 0 Å². The summed E-state index contributed by atoms with van der Waals surface area (Å²) in [7, 11) is 0. The number of nitrogens with one attached hydrogen (secondary N) is 1. The monoisotopic (exact) mass is 322 g/mol. The van der Waals surface area contributed by atoms with Gasteiger partial charge < -0.3 is 10.1 Å². The summed E-state index contributed by atoms with van der Waals surface area (Å²) in [6.07, 6.45) is 2.79. The molecule has 2 fully saturated rings. The zero-order valence-electron chi connectivity index (χ0n) is 13.7. The van der Waals surface area contributed by atoms with Crippen molar-refractivity contribution in [2.24, 2.45) is 5.92 Å². The number of ether oxygens (including phenoxy) is 1.